The highest BCUT2D eigenvalue weighted by Gasteiger charge is 2.33. The van der Waals surface area contributed by atoms with Gasteiger partial charge in [-0.3, -0.25) is 0 Å². The minimum Gasteiger partial charge on any atom is -0.497 e. The lowest BCUT2D eigenvalue weighted by molar-refractivity contribution is -0.140. The normalized spacial score (nSPS) is 16.1. The number of thiocarbonyl (C=S) groups is 1. The Bertz CT molecular complexity index is 912. The highest BCUT2D eigenvalue weighted by Crippen LogP contribution is 2.35. The number of carbonyl (C=O) groups is 1. The van der Waals surface area contributed by atoms with Crippen LogP contribution in [0.15, 0.2) is 59.8 Å². The van der Waals surface area contributed by atoms with Crippen LogP contribution in [0, 0.1) is 0 Å². The first-order valence-corrected chi connectivity index (χ1v) is 9.15. The number of hydrogen-bond donors (Lipinski definition) is 2. The van der Waals surface area contributed by atoms with Crippen LogP contribution in [-0.2, 0) is 16.1 Å². The predicted molar refractivity (Wildman–Crippen MR) is 110 cm³/mol. The lowest BCUT2D eigenvalue weighted by Gasteiger charge is -2.30. The topological polar surface area (TPSA) is 68.8 Å². The molecule has 2 N–H and O–H groups in total. The number of carbonyl (C=O) groups excluding carboxylic acids is 1. The van der Waals surface area contributed by atoms with Crippen LogP contribution in [0.4, 0.5) is 0 Å². The molecule has 0 spiro atoms. The monoisotopic (exact) mass is 398 g/mol. The first-order valence-electron chi connectivity index (χ1n) is 8.74. The summed E-state index contributed by atoms with van der Waals surface area (Å²) in [5.74, 6) is 0.820. The molecule has 0 fully saturated rings. The standard InChI is InChI=1S/C21H22N2O4S/c1-13-18(20(24)27-12-14-7-5-4-6-8-14)19(23-21(28)22-13)16-10-9-15(25-2)11-17(16)26-3/h4-11,19H,12H2,1-3H3,(H2,22,23,28)/t19-/m1/s1. The molecule has 146 valence electrons. The van der Waals surface area contributed by atoms with E-state index >= 15 is 0 Å². The molecule has 0 aliphatic carbocycles. The Morgan fingerprint density at radius 2 is 1.86 bits per heavy atom. The summed E-state index contributed by atoms with van der Waals surface area (Å²) in [4.78, 5) is 12.9. The molecule has 6 nitrogen and oxygen atoms in total. The van der Waals surface area contributed by atoms with Gasteiger partial charge in [0.05, 0.1) is 25.8 Å². The zero-order valence-corrected chi connectivity index (χ0v) is 16.8. The van der Waals surface area contributed by atoms with Crippen molar-refractivity contribution >= 4 is 23.3 Å². The Hall–Kier alpha value is -3.06. The lowest BCUT2D eigenvalue weighted by atomic mass is 9.94. The molecule has 0 saturated heterocycles. The summed E-state index contributed by atoms with van der Waals surface area (Å²) >= 11 is 5.29. The summed E-state index contributed by atoms with van der Waals surface area (Å²) in [6, 6.07) is 14.5. The fourth-order valence-corrected chi connectivity index (χ4v) is 3.33. The van der Waals surface area contributed by atoms with Crippen molar-refractivity contribution in [2.24, 2.45) is 0 Å². The third kappa shape index (κ3) is 4.26. The van der Waals surface area contributed by atoms with Crippen LogP contribution in [0.1, 0.15) is 24.1 Å². The van der Waals surface area contributed by atoms with Crippen LogP contribution >= 0.6 is 12.2 Å². The Morgan fingerprint density at radius 3 is 2.54 bits per heavy atom. The number of rotatable bonds is 6. The number of nitrogens with one attached hydrogen (secondary N) is 2. The van der Waals surface area contributed by atoms with Crippen molar-refractivity contribution < 1.29 is 19.0 Å². The van der Waals surface area contributed by atoms with E-state index in [4.69, 9.17) is 26.4 Å². The second-order valence-electron chi connectivity index (χ2n) is 6.24. The van der Waals surface area contributed by atoms with Crippen molar-refractivity contribution in [3.8, 4) is 11.5 Å². The zero-order valence-electron chi connectivity index (χ0n) is 15.9. The Labute approximate surface area is 169 Å². The molecule has 3 rings (SSSR count). The highest BCUT2D eigenvalue weighted by molar-refractivity contribution is 7.80. The van der Waals surface area contributed by atoms with Gasteiger partial charge < -0.3 is 24.8 Å². The van der Waals surface area contributed by atoms with Gasteiger partial charge in [-0.2, -0.15) is 0 Å². The first kappa shape index (κ1) is 19.7. The maximum Gasteiger partial charge on any atom is 0.338 e. The maximum absolute atomic E-state index is 12.9. The average Bonchev–Trinajstić information content (AvgIpc) is 2.71. The number of methoxy groups -OCH3 is 2. The van der Waals surface area contributed by atoms with Gasteiger partial charge in [0.25, 0.3) is 0 Å². The molecular formula is C21H22N2O4S. The van der Waals surface area contributed by atoms with Crippen LogP contribution in [-0.4, -0.2) is 25.3 Å². The van der Waals surface area contributed by atoms with Crippen LogP contribution in [0.25, 0.3) is 0 Å². The summed E-state index contributed by atoms with van der Waals surface area (Å²) < 4.78 is 16.3. The molecular weight excluding hydrogens is 376 g/mol. The minimum atomic E-state index is -0.502. The van der Waals surface area contributed by atoms with Gasteiger partial charge in [0, 0.05) is 17.3 Å². The summed E-state index contributed by atoms with van der Waals surface area (Å²) in [6.45, 7) is 1.99. The quantitative estimate of drug-likeness (QED) is 0.572. The van der Waals surface area contributed by atoms with Gasteiger partial charge in [-0.05, 0) is 36.8 Å². The van der Waals surface area contributed by atoms with Gasteiger partial charge in [-0.1, -0.05) is 30.3 Å². The van der Waals surface area contributed by atoms with E-state index in [1.807, 2.05) is 42.5 Å². The molecule has 0 saturated carbocycles. The molecule has 0 bridgehead atoms. The van der Waals surface area contributed by atoms with Crippen molar-refractivity contribution in [1.82, 2.24) is 10.6 Å². The van der Waals surface area contributed by atoms with Crippen molar-refractivity contribution in [3.63, 3.8) is 0 Å². The summed E-state index contributed by atoms with van der Waals surface area (Å²) in [6.07, 6.45) is 0. The fourth-order valence-electron chi connectivity index (χ4n) is 3.06. The van der Waals surface area contributed by atoms with E-state index in [1.54, 1.807) is 27.2 Å². The second-order valence-corrected chi connectivity index (χ2v) is 6.65. The molecule has 7 heteroatoms. The second kappa shape index (κ2) is 8.75. The van der Waals surface area contributed by atoms with Gasteiger partial charge in [-0.25, -0.2) is 4.79 Å². The van der Waals surface area contributed by atoms with Gasteiger partial charge >= 0.3 is 5.97 Å². The van der Waals surface area contributed by atoms with E-state index in [0.717, 1.165) is 11.1 Å². The molecule has 0 unspecified atom stereocenters. The molecule has 0 aromatic heterocycles. The molecule has 0 radical (unpaired) electrons. The molecule has 1 atom stereocenters. The van der Waals surface area contributed by atoms with Crippen molar-refractivity contribution in [3.05, 3.63) is 70.9 Å². The van der Waals surface area contributed by atoms with E-state index in [9.17, 15) is 4.79 Å². The van der Waals surface area contributed by atoms with Crippen LogP contribution < -0.4 is 20.1 Å². The van der Waals surface area contributed by atoms with E-state index in [2.05, 4.69) is 10.6 Å². The SMILES string of the molecule is COc1ccc([C@H]2NC(=S)NC(C)=C2C(=O)OCc2ccccc2)c(OC)c1. The van der Waals surface area contributed by atoms with Gasteiger partial charge in [-0.15, -0.1) is 0 Å². The molecule has 1 aliphatic heterocycles. The smallest absolute Gasteiger partial charge is 0.338 e. The number of allylic oxidation sites excluding steroid dienone is 1. The Morgan fingerprint density at radius 1 is 1.11 bits per heavy atom. The largest absolute Gasteiger partial charge is 0.497 e. The lowest BCUT2D eigenvalue weighted by Crippen LogP contribution is -2.45. The Kier molecular flexibility index (Phi) is 6.16. The summed E-state index contributed by atoms with van der Waals surface area (Å²) in [5.41, 5.74) is 2.77. The average molecular weight is 398 g/mol. The van der Waals surface area contributed by atoms with Gasteiger partial charge in [0.1, 0.15) is 18.1 Å². The molecule has 2 aromatic rings. The molecule has 28 heavy (non-hydrogen) atoms. The van der Waals surface area contributed by atoms with E-state index in [0.29, 0.717) is 27.9 Å². The van der Waals surface area contributed by atoms with Gasteiger partial charge in [0.2, 0.25) is 0 Å². The van der Waals surface area contributed by atoms with Crippen molar-refractivity contribution in [2.45, 2.75) is 19.6 Å². The van der Waals surface area contributed by atoms with E-state index in [1.165, 1.54) is 0 Å². The number of esters is 1. The molecule has 2 aromatic carbocycles. The minimum absolute atomic E-state index is 0.188. The van der Waals surface area contributed by atoms with E-state index < -0.39 is 12.0 Å². The maximum atomic E-state index is 12.9. The van der Waals surface area contributed by atoms with Crippen molar-refractivity contribution in [1.29, 1.82) is 0 Å². The Balaban J connectivity index is 1.91. The van der Waals surface area contributed by atoms with Crippen LogP contribution in [0.2, 0.25) is 0 Å². The molecule has 1 aliphatic rings. The third-order valence-corrected chi connectivity index (χ3v) is 4.67. The summed E-state index contributed by atoms with van der Waals surface area (Å²) in [7, 11) is 3.16. The predicted octanol–water partition coefficient (Wildman–Crippen LogP) is 3.24. The summed E-state index contributed by atoms with van der Waals surface area (Å²) in [5, 5.41) is 6.58. The molecule has 1 heterocycles. The van der Waals surface area contributed by atoms with E-state index in [-0.39, 0.29) is 6.61 Å². The van der Waals surface area contributed by atoms with Crippen LogP contribution in [0.3, 0.4) is 0 Å². The number of hydrogen-bond acceptors (Lipinski definition) is 5. The zero-order chi connectivity index (χ0) is 20.1. The third-order valence-electron chi connectivity index (χ3n) is 4.45. The fraction of sp³-hybridized carbons (Fsp3) is 0.238. The first-order chi connectivity index (χ1) is 13.5. The molecule has 0 amide bonds. The van der Waals surface area contributed by atoms with Crippen LogP contribution in [0.5, 0.6) is 11.5 Å². The number of benzene rings is 2. The number of ether oxygens (including phenoxy) is 3. The van der Waals surface area contributed by atoms with Crippen molar-refractivity contribution in [2.75, 3.05) is 14.2 Å². The highest BCUT2D eigenvalue weighted by atomic mass is 32.1. The van der Waals surface area contributed by atoms with Gasteiger partial charge in [0.15, 0.2) is 5.11 Å².